The monoisotopic (exact) mass is 747 g/mol. The maximum absolute atomic E-state index is 5.72. The highest BCUT2D eigenvalue weighted by atomic mass is 14.9. The molecule has 0 saturated heterocycles. The van der Waals surface area contributed by atoms with Crippen molar-refractivity contribution < 1.29 is 0 Å². The van der Waals surface area contributed by atoms with Crippen LogP contribution >= 0.6 is 0 Å². The third-order valence-corrected chi connectivity index (χ3v) is 10.2. The molecule has 3 N–H and O–H groups in total. The predicted octanol–water partition coefficient (Wildman–Crippen LogP) is 17.0. The first-order chi connectivity index (χ1) is 26.4. The lowest BCUT2D eigenvalue weighted by molar-refractivity contribution is 0.225. The molecule has 2 nitrogen and oxygen atoms in total. The van der Waals surface area contributed by atoms with Crippen LogP contribution in [-0.4, -0.2) is 0 Å². The zero-order valence-electron chi connectivity index (χ0n) is 37.7. The van der Waals surface area contributed by atoms with Crippen LogP contribution in [0.2, 0.25) is 0 Å². The van der Waals surface area contributed by atoms with Crippen molar-refractivity contribution in [2.75, 3.05) is 11.1 Å². The van der Waals surface area contributed by atoms with Crippen LogP contribution < -0.4 is 11.1 Å². The Balaban J connectivity index is 0. The second kappa shape index (κ2) is 31.0. The number of allylic oxidation sites excluding steroid dienone is 5. The average molecular weight is 747 g/mol. The fourth-order valence-electron chi connectivity index (χ4n) is 6.86. The SMILES string of the molecule is C=C.C=CC(C)c1cc(C)c(-c2cccc(/C(C)=C\C)c2CC)cc1C.C=CNc1ccc(C=C)cc1N.CC.CC.CC=CCC1CCC(C(C)C)CC1. The minimum atomic E-state index is 0.389. The number of nitrogens with two attached hydrogens (primary N) is 1. The Kier molecular flexibility index (Phi) is 29.7. The number of anilines is 2. The molecule has 55 heavy (non-hydrogen) atoms. The van der Waals surface area contributed by atoms with Crippen molar-refractivity contribution >= 4 is 23.0 Å². The second-order valence-electron chi connectivity index (χ2n) is 13.9. The molecule has 0 amide bonds. The summed E-state index contributed by atoms with van der Waals surface area (Å²) in [6, 6.07) is 17.1. The van der Waals surface area contributed by atoms with Crippen LogP contribution in [0.5, 0.6) is 0 Å². The van der Waals surface area contributed by atoms with Crippen molar-refractivity contribution in [3.8, 4) is 11.1 Å². The van der Waals surface area contributed by atoms with Gasteiger partial charge >= 0.3 is 0 Å². The van der Waals surface area contributed by atoms with E-state index in [1.807, 2.05) is 52.0 Å². The summed E-state index contributed by atoms with van der Waals surface area (Å²) in [4.78, 5) is 0. The van der Waals surface area contributed by atoms with E-state index in [9.17, 15) is 0 Å². The first-order valence-electron chi connectivity index (χ1n) is 21.0. The molecule has 0 spiro atoms. The van der Waals surface area contributed by atoms with Crippen molar-refractivity contribution in [3.63, 3.8) is 0 Å². The molecule has 0 radical (unpaired) electrons. The number of nitrogen functional groups attached to an aromatic ring is 1. The maximum atomic E-state index is 5.72. The van der Waals surface area contributed by atoms with Crippen LogP contribution in [0.15, 0.2) is 112 Å². The van der Waals surface area contributed by atoms with E-state index in [4.69, 9.17) is 5.73 Å². The first kappa shape index (κ1) is 52.8. The first-order valence-corrected chi connectivity index (χ1v) is 21.0. The minimum Gasteiger partial charge on any atom is -0.397 e. The number of benzene rings is 3. The highest BCUT2D eigenvalue weighted by Crippen LogP contribution is 2.36. The van der Waals surface area contributed by atoms with Crippen molar-refractivity contribution in [3.05, 3.63) is 145 Å². The Hall–Kier alpha value is -4.30. The van der Waals surface area contributed by atoms with E-state index in [0.717, 1.165) is 35.4 Å². The quantitative estimate of drug-likeness (QED) is 0.151. The fraction of sp³-hybridized carbons (Fsp3) is 0.434. The van der Waals surface area contributed by atoms with Gasteiger partial charge in [-0.25, -0.2) is 0 Å². The molecule has 1 fully saturated rings. The lowest BCUT2D eigenvalue weighted by atomic mass is 9.76. The molecule has 2 heteroatoms. The summed E-state index contributed by atoms with van der Waals surface area (Å²) in [6.07, 6.45) is 20.3. The van der Waals surface area contributed by atoms with Gasteiger partial charge in [-0.05, 0) is 165 Å². The van der Waals surface area contributed by atoms with Crippen molar-refractivity contribution in [2.24, 2.45) is 17.8 Å². The van der Waals surface area contributed by atoms with Gasteiger partial charge < -0.3 is 11.1 Å². The lowest BCUT2D eigenvalue weighted by Crippen LogP contribution is -2.18. The van der Waals surface area contributed by atoms with Gasteiger partial charge in [0.15, 0.2) is 0 Å². The van der Waals surface area contributed by atoms with Gasteiger partial charge in [0.2, 0.25) is 0 Å². The van der Waals surface area contributed by atoms with Crippen molar-refractivity contribution in [1.82, 2.24) is 0 Å². The van der Waals surface area contributed by atoms with E-state index in [0.29, 0.717) is 11.6 Å². The summed E-state index contributed by atoms with van der Waals surface area (Å²) in [7, 11) is 0. The molecule has 0 aliphatic heterocycles. The number of hydrogen-bond acceptors (Lipinski definition) is 2. The molecule has 1 saturated carbocycles. The largest absolute Gasteiger partial charge is 0.397 e. The molecule has 0 bridgehead atoms. The summed E-state index contributed by atoms with van der Waals surface area (Å²) >= 11 is 0. The highest BCUT2D eigenvalue weighted by molar-refractivity contribution is 5.79. The molecular weight excluding hydrogens is 665 g/mol. The third-order valence-electron chi connectivity index (χ3n) is 10.2. The Morgan fingerprint density at radius 1 is 0.855 bits per heavy atom. The Morgan fingerprint density at radius 3 is 1.95 bits per heavy atom. The van der Waals surface area contributed by atoms with Crippen LogP contribution in [0.1, 0.15) is 148 Å². The summed E-state index contributed by atoms with van der Waals surface area (Å²) in [5, 5.41) is 2.93. The summed E-state index contributed by atoms with van der Waals surface area (Å²) in [5.41, 5.74) is 19.3. The minimum absolute atomic E-state index is 0.389. The van der Waals surface area contributed by atoms with Gasteiger partial charge in [0.1, 0.15) is 0 Å². The predicted molar refractivity (Wildman–Crippen MR) is 257 cm³/mol. The molecule has 3 aromatic carbocycles. The van der Waals surface area contributed by atoms with Crippen LogP contribution in [0.25, 0.3) is 22.8 Å². The number of nitrogens with one attached hydrogen (secondary N) is 1. The van der Waals surface area contributed by atoms with E-state index in [1.54, 1.807) is 12.3 Å². The number of aryl methyl sites for hydroxylation is 2. The Labute approximate surface area is 341 Å². The van der Waals surface area contributed by atoms with E-state index >= 15 is 0 Å². The number of rotatable bonds is 11. The third kappa shape index (κ3) is 17.8. The standard InChI is InChI=1S/C24H30.C13H24.C10H12N2.2C2H6.C2H4/c1-8-16(4)21-12-11-13-22(20(21)10-3)24-15-18(6)23(14-19(24)7)17(5)9-2;1-4-5-6-12-7-9-13(10-8-12)11(2)3;1-3-8-5-6-10(12-4-2)9(11)7-8;3*1-2/h8-9,11-15,17H,2,10H2,1,3-7H3;4-5,11-13H,6-10H2,1-3H3;3-7,12H,1-2,11H2;2*1-2H3;1-2H2/b16-8-;;;;;. The van der Waals surface area contributed by atoms with Gasteiger partial charge in [-0.2, -0.15) is 0 Å². The smallest absolute Gasteiger partial charge is 0.0613 e. The molecule has 1 aliphatic rings. The van der Waals surface area contributed by atoms with Crippen molar-refractivity contribution in [2.45, 2.75) is 134 Å². The van der Waals surface area contributed by atoms with E-state index in [2.05, 4.69) is 149 Å². The van der Waals surface area contributed by atoms with Gasteiger partial charge in [-0.3, -0.25) is 0 Å². The molecule has 0 heterocycles. The molecule has 4 rings (SSSR count). The molecule has 3 aromatic rings. The average Bonchev–Trinajstić information content (AvgIpc) is 3.23. The molecule has 304 valence electrons. The van der Waals surface area contributed by atoms with Crippen LogP contribution in [0.3, 0.4) is 0 Å². The fourth-order valence-corrected chi connectivity index (χ4v) is 6.86. The normalized spacial score (nSPS) is 15.1. The molecule has 1 atom stereocenters. The van der Waals surface area contributed by atoms with Gasteiger partial charge in [-0.1, -0.05) is 135 Å². The highest BCUT2D eigenvalue weighted by Gasteiger charge is 2.22. The second-order valence-corrected chi connectivity index (χ2v) is 13.9. The summed E-state index contributed by atoms with van der Waals surface area (Å²) in [6.45, 7) is 45.2. The zero-order chi connectivity index (χ0) is 42.5. The summed E-state index contributed by atoms with van der Waals surface area (Å²) in [5.74, 6) is 3.30. The van der Waals surface area contributed by atoms with E-state index in [1.165, 1.54) is 76.6 Å². The zero-order valence-corrected chi connectivity index (χ0v) is 37.7. The molecule has 1 aliphatic carbocycles. The topological polar surface area (TPSA) is 38.0 Å². The Bertz CT molecular complexity index is 1580. The number of hydrogen-bond donors (Lipinski definition) is 2. The lowest BCUT2D eigenvalue weighted by Gasteiger charge is -2.30. The van der Waals surface area contributed by atoms with Crippen LogP contribution in [-0.2, 0) is 6.42 Å². The summed E-state index contributed by atoms with van der Waals surface area (Å²) < 4.78 is 0. The molecule has 1 unspecified atom stereocenters. The van der Waals surface area contributed by atoms with Crippen LogP contribution in [0.4, 0.5) is 11.4 Å². The van der Waals surface area contributed by atoms with Gasteiger partial charge in [-0.15, -0.1) is 19.7 Å². The Morgan fingerprint density at radius 2 is 1.47 bits per heavy atom. The van der Waals surface area contributed by atoms with Crippen LogP contribution in [0, 0.1) is 31.6 Å². The maximum Gasteiger partial charge on any atom is 0.0613 e. The molecular formula is C53H82N2. The van der Waals surface area contributed by atoms with Gasteiger partial charge in [0.05, 0.1) is 11.4 Å². The van der Waals surface area contributed by atoms with E-state index in [-0.39, 0.29) is 0 Å². The van der Waals surface area contributed by atoms with E-state index < -0.39 is 0 Å². The van der Waals surface area contributed by atoms with Crippen molar-refractivity contribution in [1.29, 1.82) is 0 Å². The molecule has 0 aromatic heterocycles. The van der Waals surface area contributed by atoms with Gasteiger partial charge in [0.25, 0.3) is 0 Å². The van der Waals surface area contributed by atoms with Gasteiger partial charge in [0, 0.05) is 0 Å².